The highest BCUT2D eigenvalue weighted by Crippen LogP contribution is 2.06. The quantitative estimate of drug-likeness (QED) is 0.557. The molecule has 0 unspecified atom stereocenters. The van der Waals surface area contributed by atoms with Gasteiger partial charge in [-0.25, -0.2) is 4.98 Å². The molecule has 2 nitrogen and oxygen atoms in total. The first-order valence-electron chi connectivity index (χ1n) is 3.15. The topological polar surface area (TPSA) is 22.1 Å². The Balaban J connectivity index is 2.97. The summed E-state index contributed by atoms with van der Waals surface area (Å²) in [5.74, 6) is 5.93. The third kappa shape index (κ3) is 1.98. The van der Waals surface area contributed by atoms with E-state index in [-0.39, 0.29) is 0 Å². The van der Waals surface area contributed by atoms with Gasteiger partial charge < -0.3 is 4.74 Å². The van der Waals surface area contributed by atoms with Crippen LogP contribution in [0.15, 0.2) is 18.3 Å². The van der Waals surface area contributed by atoms with Crippen LogP contribution in [0.4, 0.5) is 0 Å². The van der Waals surface area contributed by atoms with Gasteiger partial charge in [0.15, 0.2) is 0 Å². The molecule has 1 rings (SSSR count). The standard InChI is InChI=1S/C9H8NO/c1-3-4-8-5-6-10-9(7-8)11-2/h5-7H,1H2,2H3. The zero-order valence-electron chi connectivity index (χ0n) is 6.29. The maximum absolute atomic E-state index is 4.90. The Bertz CT molecular complexity index is 296. The van der Waals surface area contributed by atoms with Gasteiger partial charge >= 0.3 is 0 Å². The van der Waals surface area contributed by atoms with Crippen molar-refractivity contribution in [1.82, 2.24) is 4.98 Å². The first-order chi connectivity index (χ1) is 5.36. The number of nitrogens with zero attached hydrogens (tertiary/aromatic N) is 1. The molecular formula is C9H8NO. The minimum absolute atomic E-state index is 0.574. The highest BCUT2D eigenvalue weighted by atomic mass is 16.5. The molecule has 0 atom stereocenters. The van der Waals surface area contributed by atoms with Gasteiger partial charge in [0.2, 0.25) is 5.88 Å². The van der Waals surface area contributed by atoms with Crippen LogP contribution in [0.5, 0.6) is 5.88 Å². The van der Waals surface area contributed by atoms with Gasteiger partial charge in [-0.3, -0.25) is 0 Å². The molecule has 1 heterocycles. The summed E-state index contributed by atoms with van der Waals surface area (Å²) in [6.07, 6.45) is 1.65. The van der Waals surface area contributed by atoms with E-state index in [2.05, 4.69) is 23.7 Å². The average Bonchev–Trinajstić information content (AvgIpc) is 2.06. The van der Waals surface area contributed by atoms with Gasteiger partial charge in [0, 0.05) is 24.8 Å². The van der Waals surface area contributed by atoms with E-state index in [0.29, 0.717) is 5.88 Å². The van der Waals surface area contributed by atoms with Gasteiger partial charge in [-0.2, -0.15) is 0 Å². The highest BCUT2D eigenvalue weighted by molar-refractivity contribution is 5.36. The van der Waals surface area contributed by atoms with Crippen molar-refractivity contribution >= 4 is 0 Å². The van der Waals surface area contributed by atoms with Crippen molar-refractivity contribution in [2.75, 3.05) is 7.11 Å². The van der Waals surface area contributed by atoms with Gasteiger partial charge in [0.25, 0.3) is 0 Å². The van der Waals surface area contributed by atoms with Crippen LogP contribution in [0, 0.1) is 18.8 Å². The lowest BCUT2D eigenvalue weighted by molar-refractivity contribution is 0.398. The molecule has 0 N–H and O–H groups in total. The number of ether oxygens (including phenoxy) is 1. The van der Waals surface area contributed by atoms with Gasteiger partial charge in [-0.15, -0.1) is 0 Å². The smallest absolute Gasteiger partial charge is 0.214 e. The first kappa shape index (κ1) is 7.62. The molecule has 0 saturated heterocycles. The van der Waals surface area contributed by atoms with E-state index in [1.807, 2.05) is 0 Å². The Morgan fingerprint density at radius 2 is 2.45 bits per heavy atom. The molecule has 1 radical (unpaired) electrons. The predicted octanol–water partition coefficient (Wildman–Crippen LogP) is 1.28. The predicted molar refractivity (Wildman–Crippen MR) is 43.0 cm³/mol. The number of hydrogen-bond donors (Lipinski definition) is 0. The maximum Gasteiger partial charge on any atom is 0.214 e. The van der Waals surface area contributed by atoms with Crippen LogP contribution in [0.3, 0.4) is 0 Å². The minimum atomic E-state index is 0.574. The Kier molecular flexibility index (Phi) is 2.51. The summed E-state index contributed by atoms with van der Waals surface area (Å²) in [6, 6.07) is 3.57. The molecule has 0 bridgehead atoms. The van der Waals surface area contributed by atoms with Gasteiger partial charge in [-0.05, 0) is 6.07 Å². The molecule has 0 aromatic carbocycles. The number of aromatic nitrogens is 1. The Morgan fingerprint density at radius 3 is 3.09 bits per heavy atom. The zero-order valence-corrected chi connectivity index (χ0v) is 6.29. The fraction of sp³-hybridized carbons (Fsp3) is 0.111. The molecule has 11 heavy (non-hydrogen) atoms. The van der Waals surface area contributed by atoms with Gasteiger partial charge in [0.05, 0.1) is 7.11 Å². The van der Waals surface area contributed by atoms with Crippen LogP contribution in [0.25, 0.3) is 0 Å². The van der Waals surface area contributed by atoms with E-state index in [0.717, 1.165) is 5.56 Å². The van der Waals surface area contributed by atoms with E-state index < -0.39 is 0 Å². The van der Waals surface area contributed by atoms with Crippen molar-refractivity contribution in [2.45, 2.75) is 0 Å². The number of hydrogen-bond acceptors (Lipinski definition) is 2. The van der Waals surface area contributed by atoms with Crippen molar-refractivity contribution in [3.05, 3.63) is 30.8 Å². The van der Waals surface area contributed by atoms with Gasteiger partial charge in [-0.1, -0.05) is 11.8 Å². The van der Waals surface area contributed by atoms with Crippen molar-refractivity contribution in [3.63, 3.8) is 0 Å². The van der Waals surface area contributed by atoms with Crippen LogP contribution in [-0.2, 0) is 0 Å². The third-order valence-electron chi connectivity index (χ3n) is 1.18. The molecule has 0 fully saturated rings. The zero-order chi connectivity index (χ0) is 8.10. The lowest BCUT2D eigenvalue weighted by Crippen LogP contribution is -1.86. The maximum atomic E-state index is 4.90. The van der Waals surface area contributed by atoms with Crippen LogP contribution in [0.2, 0.25) is 0 Å². The lowest BCUT2D eigenvalue weighted by atomic mass is 10.3. The minimum Gasteiger partial charge on any atom is -0.481 e. The number of methoxy groups -OCH3 is 1. The summed E-state index contributed by atoms with van der Waals surface area (Å²) < 4.78 is 4.90. The molecule has 1 aromatic heterocycles. The molecule has 1 aromatic rings. The van der Waals surface area contributed by atoms with E-state index in [1.165, 1.54) is 0 Å². The molecule has 0 amide bonds. The monoisotopic (exact) mass is 146 g/mol. The summed E-state index contributed by atoms with van der Waals surface area (Å²) in [5, 5.41) is 0. The van der Waals surface area contributed by atoms with E-state index >= 15 is 0 Å². The van der Waals surface area contributed by atoms with Crippen LogP contribution < -0.4 is 4.74 Å². The lowest BCUT2D eigenvalue weighted by Gasteiger charge is -1.96. The summed E-state index contributed by atoms with van der Waals surface area (Å²) in [5.41, 5.74) is 0.867. The van der Waals surface area contributed by atoms with Crippen LogP contribution in [-0.4, -0.2) is 12.1 Å². The largest absolute Gasteiger partial charge is 0.481 e. The van der Waals surface area contributed by atoms with Crippen molar-refractivity contribution < 1.29 is 4.74 Å². The molecule has 2 heteroatoms. The molecular weight excluding hydrogens is 138 g/mol. The van der Waals surface area contributed by atoms with Crippen molar-refractivity contribution in [3.8, 4) is 17.7 Å². The number of rotatable bonds is 1. The molecule has 55 valence electrons. The van der Waals surface area contributed by atoms with Crippen LogP contribution >= 0.6 is 0 Å². The number of pyridine rings is 1. The molecule has 0 aliphatic rings. The molecule has 0 aliphatic heterocycles. The average molecular weight is 146 g/mol. The summed E-state index contributed by atoms with van der Waals surface area (Å²) in [7, 11) is 1.57. The molecule has 0 aliphatic carbocycles. The van der Waals surface area contributed by atoms with E-state index in [1.54, 1.807) is 25.4 Å². The molecule has 0 spiro atoms. The second-order valence-corrected chi connectivity index (χ2v) is 1.89. The Morgan fingerprint density at radius 1 is 1.64 bits per heavy atom. The fourth-order valence-corrected chi connectivity index (χ4v) is 0.701. The molecule has 0 saturated carbocycles. The summed E-state index contributed by atoms with van der Waals surface area (Å²) in [6.45, 7) is 3.41. The fourth-order valence-electron chi connectivity index (χ4n) is 0.701. The Hall–Kier alpha value is -1.49. The highest BCUT2D eigenvalue weighted by Gasteiger charge is 1.91. The van der Waals surface area contributed by atoms with Gasteiger partial charge in [0.1, 0.15) is 0 Å². The van der Waals surface area contributed by atoms with E-state index in [4.69, 9.17) is 4.74 Å². The SMILES string of the molecule is [CH2]C#Cc1ccnc(OC)c1. The first-order valence-corrected chi connectivity index (χ1v) is 3.15. The second kappa shape index (κ2) is 3.62. The summed E-state index contributed by atoms with van der Waals surface area (Å²) in [4.78, 5) is 3.93. The Labute approximate surface area is 66.2 Å². The third-order valence-corrected chi connectivity index (χ3v) is 1.18. The normalized spacial score (nSPS) is 8.18. The van der Waals surface area contributed by atoms with Crippen molar-refractivity contribution in [2.24, 2.45) is 0 Å². The second-order valence-electron chi connectivity index (χ2n) is 1.89. The van der Waals surface area contributed by atoms with Crippen LogP contribution in [0.1, 0.15) is 5.56 Å². The van der Waals surface area contributed by atoms with E-state index in [9.17, 15) is 0 Å². The summed E-state index contributed by atoms with van der Waals surface area (Å²) >= 11 is 0. The van der Waals surface area contributed by atoms with Crippen molar-refractivity contribution in [1.29, 1.82) is 0 Å².